The Kier molecular flexibility index (Phi) is 6.91. The number of benzene rings is 1. The SMILES string of the molecule is O=C(O)CCCCNC(=O)c1ccc(S(=O)(=O)N2CCOCC2)cc1. The lowest BCUT2D eigenvalue weighted by atomic mass is 10.2. The summed E-state index contributed by atoms with van der Waals surface area (Å²) in [6.07, 6.45) is 1.14. The molecule has 1 aromatic carbocycles. The van der Waals surface area contributed by atoms with E-state index in [0.29, 0.717) is 51.3 Å². The molecule has 0 aliphatic carbocycles. The van der Waals surface area contributed by atoms with Crippen LogP contribution < -0.4 is 5.32 Å². The average Bonchev–Trinajstić information content (AvgIpc) is 2.62. The van der Waals surface area contributed by atoms with Crippen molar-refractivity contribution < 1.29 is 27.9 Å². The largest absolute Gasteiger partial charge is 0.481 e. The molecule has 1 aliphatic rings. The van der Waals surface area contributed by atoms with Crippen molar-refractivity contribution in [3.05, 3.63) is 29.8 Å². The topological polar surface area (TPSA) is 113 Å². The molecule has 0 bridgehead atoms. The van der Waals surface area contributed by atoms with E-state index in [9.17, 15) is 18.0 Å². The molecule has 0 unspecified atom stereocenters. The van der Waals surface area contributed by atoms with Gasteiger partial charge in [-0.15, -0.1) is 0 Å². The first-order valence-corrected chi connectivity index (χ1v) is 9.53. The lowest BCUT2D eigenvalue weighted by molar-refractivity contribution is -0.137. The van der Waals surface area contributed by atoms with Crippen molar-refractivity contribution in [2.75, 3.05) is 32.8 Å². The van der Waals surface area contributed by atoms with E-state index >= 15 is 0 Å². The minimum atomic E-state index is -3.57. The third-order valence-electron chi connectivity index (χ3n) is 3.83. The Morgan fingerprint density at radius 1 is 1.12 bits per heavy atom. The monoisotopic (exact) mass is 370 g/mol. The first-order valence-electron chi connectivity index (χ1n) is 8.09. The molecule has 2 N–H and O–H groups in total. The Hall–Kier alpha value is -1.97. The maximum Gasteiger partial charge on any atom is 0.303 e. The Balaban J connectivity index is 1.90. The fourth-order valence-corrected chi connectivity index (χ4v) is 3.83. The predicted molar refractivity (Wildman–Crippen MR) is 89.8 cm³/mol. The highest BCUT2D eigenvalue weighted by atomic mass is 32.2. The molecule has 1 amide bonds. The number of hydrogen-bond acceptors (Lipinski definition) is 5. The second-order valence-corrected chi connectivity index (χ2v) is 7.59. The average molecular weight is 370 g/mol. The highest BCUT2D eigenvalue weighted by molar-refractivity contribution is 7.89. The zero-order valence-corrected chi connectivity index (χ0v) is 14.6. The fourth-order valence-electron chi connectivity index (χ4n) is 2.42. The van der Waals surface area contributed by atoms with E-state index in [1.807, 2.05) is 0 Å². The standard InChI is InChI=1S/C16H22N2O6S/c19-15(20)3-1-2-8-17-16(21)13-4-6-14(7-5-13)25(22,23)18-9-11-24-12-10-18/h4-7H,1-3,8-12H2,(H,17,21)(H,19,20). The summed E-state index contributed by atoms with van der Waals surface area (Å²) < 4.78 is 31.5. The van der Waals surface area contributed by atoms with Crippen LogP contribution in [0.15, 0.2) is 29.2 Å². The molecule has 0 aromatic heterocycles. The first kappa shape index (κ1) is 19.4. The summed E-state index contributed by atoms with van der Waals surface area (Å²) in [6.45, 7) is 1.77. The van der Waals surface area contributed by atoms with Gasteiger partial charge >= 0.3 is 5.97 Å². The van der Waals surface area contributed by atoms with Gasteiger partial charge in [0.2, 0.25) is 10.0 Å². The Morgan fingerprint density at radius 2 is 1.76 bits per heavy atom. The molecular weight excluding hydrogens is 348 g/mol. The van der Waals surface area contributed by atoms with Crippen molar-refractivity contribution in [2.24, 2.45) is 0 Å². The van der Waals surface area contributed by atoms with Crippen molar-refractivity contribution in [1.82, 2.24) is 9.62 Å². The molecule has 1 aliphatic heterocycles. The van der Waals surface area contributed by atoms with Crippen LogP contribution in [0.4, 0.5) is 0 Å². The minimum absolute atomic E-state index is 0.0734. The van der Waals surface area contributed by atoms with E-state index in [2.05, 4.69) is 5.32 Å². The summed E-state index contributed by atoms with van der Waals surface area (Å²) in [5, 5.41) is 11.2. The van der Waals surface area contributed by atoms with Gasteiger partial charge in [-0.25, -0.2) is 8.42 Å². The van der Waals surface area contributed by atoms with Gasteiger partial charge in [0.25, 0.3) is 5.91 Å². The minimum Gasteiger partial charge on any atom is -0.481 e. The van der Waals surface area contributed by atoms with E-state index < -0.39 is 16.0 Å². The quantitative estimate of drug-likeness (QED) is 0.651. The van der Waals surface area contributed by atoms with Gasteiger partial charge in [0.1, 0.15) is 0 Å². The van der Waals surface area contributed by atoms with Crippen molar-refractivity contribution >= 4 is 21.9 Å². The molecule has 8 nitrogen and oxygen atoms in total. The molecule has 2 rings (SSSR count). The number of sulfonamides is 1. The Bertz CT molecular complexity index is 696. The van der Waals surface area contributed by atoms with Crippen LogP contribution in [0.5, 0.6) is 0 Å². The van der Waals surface area contributed by atoms with E-state index in [-0.39, 0.29) is 17.2 Å². The van der Waals surface area contributed by atoms with Crippen LogP contribution >= 0.6 is 0 Å². The number of aliphatic carboxylic acids is 1. The molecule has 0 saturated carbocycles. The van der Waals surface area contributed by atoms with Gasteiger partial charge in [0, 0.05) is 31.6 Å². The number of hydrogen-bond donors (Lipinski definition) is 2. The normalized spacial score (nSPS) is 15.7. The summed E-state index contributed by atoms with van der Waals surface area (Å²) in [7, 11) is -3.57. The van der Waals surface area contributed by atoms with Gasteiger partial charge < -0.3 is 15.2 Å². The summed E-state index contributed by atoms with van der Waals surface area (Å²) in [4.78, 5) is 22.5. The van der Waals surface area contributed by atoms with Crippen LogP contribution in [0.2, 0.25) is 0 Å². The molecular formula is C16H22N2O6S. The zero-order valence-electron chi connectivity index (χ0n) is 13.8. The molecule has 0 atom stereocenters. The lowest BCUT2D eigenvalue weighted by Crippen LogP contribution is -2.40. The van der Waals surface area contributed by atoms with Crippen LogP contribution in [-0.4, -0.2) is 62.6 Å². The van der Waals surface area contributed by atoms with Crippen LogP contribution in [0.25, 0.3) is 0 Å². The number of carbonyl (C=O) groups excluding carboxylic acids is 1. The van der Waals surface area contributed by atoms with Crippen LogP contribution in [-0.2, 0) is 19.6 Å². The van der Waals surface area contributed by atoms with Crippen molar-refractivity contribution in [3.8, 4) is 0 Å². The zero-order chi connectivity index (χ0) is 18.3. The Morgan fingerprint density at radius 3 is 2.36 bits per heavy atom. The maximum atomic E-state index is 12.5. The Labute approximate surface area is 146 Å². The second kappa shape index (κ2) is 8.93. The molecule has 25 heavy (non-hydrogen) atoms. The van der Waals surface area contributed by atoms with Crippen LogP contribution in [0.1, 0.15) is 29.6 Å². The number of rotatable bonds is 8. The molecule has 1 fully saturated rings. The third-order valence-corrected chi connectivity index (χ3v) is 5.74. The van der Waals surface area contributed by atoms with E-state index in [0.717, 1.165) is 0 Å². The van der Waals surface area contributed by atoms with Gasteiger partial charge in [-0.1, -0.05) is 0 Å². The smallest absolute Gasteiger partial charge is 0.303 e. The predicted octanol–water partition coefficient (Wildman–Crippen LogP) is 0.692. The van der Waals surface area contributed by atoms with E-state index in [1.54, 1.807) is 0 Å². The number of ether oxygens (including phenoxy) is 1. The number of carbonyl (C=O) groups is 2. The first-order chi connectivity index (χ1) is 11.9. The molecule has 1 heterocycles. The second-order valence-electron chi connectivity index (χ2n) is 5.65. The van der Waals surface area contributed by atoms with Crippen LogP contribution in [0.3, 0.4) is 0 Å². The summed E-state index contributed by atoms with van der Waals surface area (Å²) in [5.74, 6) is -1.17. The lowest BCUT2D eigenvalue weighted by Gasteiger charge is -2.26. The maximum absolute atomic E-state index is 12.5. The van der Waals surface area contributed by atoms with E-state index in [1.165, 1.54) is 28.6 Å². The molecule has 1 aromatic rings. The number of morpholine rings is 1. The molecule has 138 valence electrons. The van der Waals surface area contributed by atoms with Crippen molar-refractivity contribution in [2.45, 2.75) is 24.2 Å². The molecule has 9 heteroatoms. The number of carboxylic acid groups (broad SMARTS) is 1. The highest BCUT2D eigenvalue weighted by Crippen LogP contribution is 2.17. The number of unbranched alkanes of at least 4 members (excludes halogenated alkanes) is 1. The van der Waals surface area contributed by atoms with Gasteiger partial charge in [-0.05, 0) is 37.1 Å². The number of nitrogens with one attached hydrogen (secondary N) is 1. The fraction of sp³-hybridized carbons (Fsp3) is 0.500. The highest BCUT2D eigenvalue weighted by Gasteiger charge is 2.26. The number of nitrogens with zero attached hydrogens (tertiary/aromatic N) is 1. The third kappa shape index (κ3) is 5.52. The van der Waals surface area contributed by atoms with Crippen molar-refractivity contribution in [3.63, 3.8) is 0 Å². The van der Waals surface area contributed by atoms with Gasteiger partial charge in [-0.3, -0.25) is 9.59 Å². The molecule has 0 radical (unpaired) electrons. The number of carboxylic acids is 1. The summed E-state index contributed by atoms with van der Waals surface area (Å²) in [5.41, 5.74) is 0.360. The summed E-state index contributed by atoms with van der Waals surface area (Å²) >= 11 is 0. The van der Waals surface area contributed by atoms with Gasteiger partial charge in [0.15, 0.2) is 0 Å². The summed E-state index contributed by atoms with van der Waals surface area (Å²) in [6, 6.07) is 5.79. The van der Waals surface area contributed by atoms with E-state index in [4.69, 9.17) is 9.84 Å². The van der Waals surface area contributed by atoms with Gasteiger partial charge in [-0.2, -0.15) is 4.31 Å². The van der Waals surface area contributed by atoms with Gasteiger partial charge in [0.05, 0.1) is 18.1 Å². The van der Waals surface area contributed by atoms with Crippen molar-refractivity contribution in [1.29, 1.82) is 0 Å². The number of amides is 1. The molecule has 0 spiro atoms. The molecule has 1 saturated heterocycles. The van der Waals surface area contributed by atoms with Crippen LogP contribution in [0, 0.1) is 0 Å².